The molecule has 0 bridgehead atoms. The van der Waals surface area contributed by atoms with Crippen LogP contribution in [-0.4, -0.2) is 43.1 Å². The number of aryl methyl sites for hydroxylation is 1. The first-order chi connectivity index (χ1) is 10.2. The van der Waals surface area contributed by atoms with E-state index in [1.54, 1.807) is 19.3 Å². The Morgan fingerprint density at radius 1 is 1.45 bits per heavy atom. The molecule has 0 radical (unpaired) electrons. The molecule has 0 aliphatic carbocycles. The quantitative estimate of drug-likeness (QED) is 0.639. The van der Waals surface area contributed by atoms with Crippen molar-refractivity contribution >= 4 is 18.0 Å². The smallest absolute Gasteiger partial charge is 0.356 e. The van der Waals surface area contributed by atoms with E-state index in [4.69, 9.17) is 4.74 Å². The van der Waals surface area contributed by atoms with Gasteiger partial charge in [-0.3, -0.25) is 14.4 Å². The van der Waals surface area contributed by atoms with Gasteiger partial charge in [0.1, 0.15) is 11.5 Å². The molecule has 2 aliphatic heterocycles. The van der Waals surface area contributed by atoms with E-state index in [0.717, 1.165) is 0 Å². The van der Waals surface area contributed by atoms with Crippen LogP contribution in [0.15, 0.2) is 23.2 Å². The van der Waals surface area contributed by atoms with Crippen LogP contribution in [0, 0.1) is 5.41 Å². The molecule has 22 heavy (non-hydrogen) atoms. The molecule has 8 heteroatoms. The molecular weight excluding hydrogens is 288 g/mol. The third-order valence-electron chi connectivity index (χ3n) is 3.46. The van der Waals surface area contributed by atoms with Gasteiger partial charge < -0.3 is 9.84 Å². The number of aromatic nitrogens is 3. The zero-order chi connectivity index (χ0) is 16.2. The third-order valence-corrected chi connectivity index (χ3v) is 3.46. The van der Waals surface area contributed by atoms with Gasteiger partial charge in [-0.1, -0.05) is 26.0 Å². The zero-order valence-electron chi connectivity index (χ0n) is 12.7. The van der Waals surface area contributed by atoms with Crippen LogP contribution in [0.2, 0.25) is 0 Å². The normalized spacial score (nSPS) is 22.7. The summed E-state index contributed by atoms with van der Waals surface area (Å²) in [6.45, 7) is 5.52. The van der Waals surface area contributed by atoms with Gasteiger partial charge in [0, 0.05) is 12.5 Å². The van der Waals surface area contributed by atoms with Crippen molar-refractivity contribution in [1.29, 1.82) is 0 Å². The van der Waals surface area contributed by atoms with Crippen LogP contribution in [-0.2, 0) is 21.4 Å². The number of aliphatic carboxylic acids is 1. The van der Waals surface area contributed by atoms with Crippen molar-refractivity contribution in [2.24, 2.45) is 12.5 Å². The predicted molar refractivity (Wildman–Crippen MR) is 74.8 cm³/mol. The van der Waals surface area contributed by atoms with Crippen LogP contribution >= 0.6 is 0 Å². The van der Waals surface area contributed by atoms with Crippen LogP contribution in [0.4, 0.5) is 0 Å². The van der Waals surface area contributed by atoms with Gasteiger partial charge in [0.15, 0.2) is 5.70 Å². The van der Waals surface area contributed by atoms with Gasteiger partial charge >= 0.3 is 5.97 Å². The second kappa shape index (κ2) is 4.43. The Labute approximate surface area is 126 Å². The molecule has 1 fully saturated rings. The van der Waals surface area contributed by atoms with E-state index in [1.165, 1.54) is 9.58 Å². The summed E-state index contributed by atoms with van der Waals surface area (Å²) in [5.41, 5.74) is 0.302. The van der Waals surface area contributed by atoms with Crippen molar-refractivity contribution in [1.82, 2.24) is 19.9 Å². The van der Waals surface area contributed by atoms with Gasteiger partial charge in [-0.15, -0.1) is 5.10 Å². The van der Waals surface area contributed by atoms with Crippen molar-refractivity contribution in [2.45, 2.75) is 27.0 Å². The Morgan fingerprint density at radius 3 is 2.64 bits per heavy atom. The maximum atomic E-state index is 12.3. The first kappa shape index (κ1) is 14.3. The fourth-order valence-corrected chi connectivity index (χ4v) is 2.49. The van der Waals surface area contributed by atoms with Crippen molar-refractivity contribution in [3.8, 4) is 0 Å². The van der Waals surface area contributed by atoms with Gasteiger partial charge in [0.25, 0.3) is 5.91 Å². The number of hydrogen-bond acceptors (Lipinski definition) is 5. The minimum atomic E-state index is -1.17. The number of carbonyl (C=O) groups excluding carboxylic acids is 1. The number of nitrogens with zero attached hydrogens (tertiary/aromatic N) is 4. The number of β-lactam (4-membered cyclic amide) rings is 1. The Bertz CT molecular complexity index is 738. The fraction of sp³-hybridized carbons (Fsp3) is 0.429. The van der Waals surface area contributed by atoms with E-state index in [0.29, 0.717) is 17.0 Å². The average molecular weight is 304 g/mol. The molecule has 0 saturated carbocycles. The Balaban J connectivity index is 1.96. The van der Waals surface area contributed by atoms with Gasteiger partial charge in [0.05, 0.1) is 11.8 Å². The minimum absolute atomic E-state index is 0.0844. The van der Waals surface area contributed by atoms with E-state index >= 15 is 0 Å². The van der Waals surface area contributed by atoms with Crippen molar-refractivity contribution < 1.29 is 19.4 Å². The summed E-state index contributed by atoms with van der Waals surface area (Å²) in [5.74, 6) is -1.24. The van der Waals surface area contributed by atoms with Crippen LogP contribution in [0.25, 0.3) is 6.08 Å². The Hall–Kier alpha value is -2.64. The van der Waals surface area contributed by atoms with Gasteiger partial charge in [-0.05, 0) is 6.08 Å². The molecule has 1 unspecified atom stereocenters. The van der Waals surface area contributed by atoms with E-state index < -0.39 is 17.6 Å². The van der Waals surface area contributed by atoms with Gasteiger partial charge in [0.2, 0.25) is 6.23 Å². The van der Waals surface area contributed by atoms with Crippen molar-refractivity contribution in [2.75, 3.05) is 0 Å². The largest absolute Gasteiger partial charge is 0.476 e. The molecule has 0 spiro atoms. The number of rotatable bonds is 2. The van der Waals surface area contributed by atoms with Crippen molar-refractivity contribution in [3.63, 3.8) is 0 Å². The molecule has 3 rings (SSSR count). The monoisotopic (exact) mass is 304 g/mol. The number of hydrogen-bond donors (Lipinski definition) is 1. The predicted octanol–water partition coefficient (Wildman–Crippen LogP) is 0.739. The van der Waals surface area contributed by atoms with E-state index in [2.05, 4.69) is 10.3 Å². The highest BCUT2D eigenvalue weighted by molar-refractivity contribution is 6.10. The molecule has 1 amide bonds. The summed E-state index contributed by atoms with van der Waals surface area (Å²) in [4.78, 5) is 24.9. The van der Waals surface area contributed by atoms with E-state index in [1.807, 2.05) is 20.8 Å². The number of ether oxygens (including phenoxy) is 1. The number of amides is 1. The summed E-state index contributed by atoms with van der Waals surface area (Å²) < 4.78 is 7.26. The molecule has 1 aromatic rings. The molecular formula is C14H16N4O4. The average Bonchev–Trinajstić information content (AvgIpc) is 2.96. The highest BCUT2D eigenvalue weighted by Gasteiger charge is 2.55. The molecule has 8 nitrogen and oxygen atoms in total. The lowest BCUT2D eigenvalue weighted by molar-refractivity contribution is -0.147. The maximum absolute atomic E-state index is 12.3. The first-order valence-corrected chi connectivity index (χ1v) is 6.76. The van der Waals surface area contributed by atoms with Crippen LogP contribution in [0.5, 0.6) is 0 Å². The second-order valence-corrected chi connectivity index (χ2v) is 6.30. The number of carbonyl (C=O) groups is 2. The van der Waals surface area contributed by atoms with Crippen LogP contribution in [0.1, 0.15) is 26.5 Å². The van der Waals surface area contributed by atoms with Gasteiger partial charge in [-0.25, -0.2) is 4.79 Å². The lowest BCUT2D eigenvalue weighted by Crippen LogP contribution is -2.53. The van der Waals surface area contributed by atoms with E-state index in [-0.39, 0.29) is 11.6 Å². The number of carboxylic acids is 1. The summed E-state index contributed by atoms with van der Waals surface area (Å²) in [5, 5.41) is 17.1. The molecule has 1 N–H and O–H groups in total. The molecule has 1 aromatic heterocycles. The highest BCUT2D eigenvalue weighted by Crippen LogP contribution is 2.45. The lowest BCUT2D eigenvalue weighted by atomic mass is 9.92. The fourth-order valence-electron chi connectivity index (χ4n) is 2.49. The third kappa shape index (κ3) is 1.99. The maximum Gasteiger partial charge on any atom is 0.356 e. The second-order valence-electron chi connectivity index (χ2n) is 6.30. The molecule has 2 aliphatic rings. The standard InChI is InChI=1S/C14H16N4O4/c1-14(2,3)10-9(13(20)21)18-11(19)8(12(18)22-10)5-7-6-17(4)16-15-7/h5-6,12H,1-4H3,(H,20,21)/b8-5+. The SMILES string of the molecule is Cn1cc(/C=C2\C(=O)N3C(C(=O)O)=C(C(C)(C)C)OC23)nn1. The minimum Gasteiger partial charge on any atom is -0.476 e. The van der Waals surface area contributed by atoms with Crippen LogP contribution < -0.4 is 0 Å². The molecule has 1 saturated heterocycles. The first-order valence-electron chi connectivity index (χ1n) is 6.76. The molecule has 0 aromatic carbocycles. The lowest BCUT2D eigenvalue weighted by Gasteiger charge is -2.35. The Morgan fingerprint density at radius 2 is 2.14 bits per heavy atom. The topological polar surface area (TPSA) is 97.6 Å². The van der Waals surface area contributed by atoms with E-state index in [9.17, 15) is 14.7 Å². The number of allylic oxidation sites excluding steroid dienone is 1. The summed E-state index contributed by atoms with van der Waals surface area (Å²) >= 11 is 0. The summed E-state index contributed by atoms with van der Waals surface area (Å²) in [6.07, 6.45) is 2.53. The Kier molecular flexibility index (Phi) is 2.88. The zero-order valence-corrected chi connectivity index (χ0v) is 12.7. The summed E-state index contributed by atoms with van der Waals surface area (Å²) in [6, 6.07) is 0. The molecule has 116 valence electrons. The molecule has 3 heterocycles. The van der Waals surface area contributed by atoms with Crippen LogP contribution in [0.3, 0.4) is 0 Å². The number of carboxylic acid groups (broad SMARTS) is 1. The summed E-state index contributed by atoms with van der Waals surface area (Å²) in [7, 11) is 1.72. The molecule has 1 atom stereocenters. The van der Waals surface area contributed by atoms with Gasteiger partial charge in [-0.2, -0.15) is 0 Å². The number of fused-ring (bicyclic) bond motifs is 1. The highest BCUT2D eigenvalue weighted by atomic mass is 16.5. The van der Waals surface area contributed by atoms with Crippen molar-refractivity contribution in [3.05, 3.63) is 28.9 Å².